The summed E-state index contributed by atoms with van der Waals surface area (Å²) >= 11 is 0. The summed E-state index contributed by atoms with van der Waals surface area (Å²) in [4.78, 5) is 32.7. The predicted octanol–water partition coefficient (Wildman–Crippen LogP) is 4.85. The number of benzene rings is 1. The van der Waals surface area contributed by atoms with Crippen LogP contribution in [-0.2, 0) is 54.7 Å². The number of hydrogen-bond donors (Lipinski definition) is 0. The molecule has 0 spiro atoms. The number of para-hydroxylation sites is 1. The fraction of sp³-hybridized carbons (Fsp3) is 0.400. The van der Waals surface area contributed by atoms with E-state index >= 15 is 0 Å². The topological polar surface area (TPSA) is 190 Å². The number of rotatable bonds is 11. The smallest absolute Gasteiger partial charge is 0.365 e. The van der Waals surface area contributed by atoms with Gasteiger partial charge in [-0.05, 0) is 60.1 Å². The van der Waals surface area contributed by atoms with Crippen molar-refractivity contribution in [1.29, 1.82) is 0 Å². The van der Waals surface area contributed by atoms with Crippen LogP contribution in [0.1, 0.15) is 26.2 Å². The minimum Gasteiger partial charge on any atom is -0.455 e. The number of hydrogen-bond acceptors (Lipinski definition) is 6. The van der Waals surface area contributed by atoms with Gasteiger partial charge in [-0.25, -0.2) is 40.2 Å². The average molecular weight is 599 g/mol. The van der Waals surface area contributed by atoms with Crippen LogP contribution in [0.15, 0.2) is 55.6 Å². The molecule has 0 aliphatic carbocycles. The first-order valence-electron chi connectivity index (χ1n) is 12.3. The molecule has 42 heavy (non-hydrogen) atoms. The molecule has 12 nitrogen and oxygen atoms in total. The van der Waals surface area contributed by atoms with Crippen molar-refractivity contribution in [3.05, 3.63) is 97.2 Å². The Morgan fingerprint density at radius 3 is 1.43 bits per heavy atom. The molecule has 0 aliphatic heterocycles. The van der Waals surface area contributed by atoms with E-state index in [1.165, 1.54) is 0 Å². The van der Waals surface area contributed by atoms with Crippen molar-refractivity contribution in [2.24, 2.45) is 0 Å². The second kappa shape index (κ2) is 47.9. The Bertz CT molecular complexity index is 615. The molecule has 1 aromatic rings. The van der Waals surface area contributed by atoms with E-state index in [0.29, 0.717) is 18.6 Å². The molecule has 0 fully saturated rings. The third-order valence-electron chi connectivity index (χ3n) is 3.00. The van der Waals surface area contributed by atoms with E-state index in [4.69, 9.17) is 49.9 Å². The summed E-state index contributed by atoms with van der Waals surface area (Å²) in [5.41, 5.74) is 0. The summed E-state index contributed by atoms with van der Waals surface area (Å²) in [6.45, 7) is 24.4. The number of carbonyl (C=O) groups excluding carboxylic acids is 2. The van der Waals surface area contributed by atoms with Crippen LogP contribution in [0.25, 0.3) is 0 Å². The standard InChI is InChI=1S/C18H22O6.6C2H4O/c1-4-7-13-18(14-21-16(19)5-2,24-23-17(20)6-3)22-15-11-9-8-10-12-15;6*1-2-3/h5-6,8-12H,2-4,7,13-14H2,1H3;6*1-2H2. The van der Waals surface area contributed by atoms with Gasteiger partial charge in [0.05, 0.1) is 39.6 Å². The molecule has 0 heterocycles. The third kappa shape index (κ3) is 50.0. The van der Waals surface area contributed by atoms with Crippen LogP contribution >= 0.6 is 0 Å². The van der Waals surface area contributed by atoms with Crippen LogP contribution in [0.4, 0.5) is 0 Å². The zero-order valence-corrected chi connectivity index (χ0v) is 24.7. The van der Waals surface area contributed by atoms with Gasteiger partial charge >= 0.3 is 11.9 Å². The van der Waals surface area contributed by atoms with Gasteiger partial charge in [-0.3, -0.25) is 4.89 Å². The van der Waals surface area contributed by atoms with Gasteiger partial charge in [-0.1, -0.05) is 44.7 Å². The maximum absolute atomic E-state index is 11.4. The number of unbranched alkanes of at least 4 members (excludes halogenated alkanes) is 1. The molecule has 12 radical (unpaired) electrons. The van der Waals surface area contributed by atoms with E-state index in [9.17, 15) is 9.59 Å². The maximum atomic E-state index is 11.4. The van der Waals surface area contributed by atoms with Crippen molar-refractivity contribution in [3.8, 4) is 5.75 Å². The Morgan fingerprint density at radius 2 is 1.10 bits per heavy atom. The van der Waals surface area contributed by atoms with Gasteiger partial charge in [0, 0.05) is 18.6 Å². The zero-order valence-electron chi connectivity index (χ0n) is 24.7. The van der Waals surface area contributed by atoms with Gasteiger partial charge in [0.15, 0.2) is 6.61 Å². The normalized spacial score (nSPS) is 9.74. The average Bonchev–Trinajstić information content (AvgIpc) is 2.96. The molecule has 1 atom stereocenters. The van der Waals surface area contributed by atoms with Gasteiger partial charge in [-0.15, -0.1) is 4.89 Å². The van der Waals surface area contributed by atoms with Gasteiger partial charge in [-0.2, -0.15) is 0 Å². The van der Waals surface area contributed by atoms with Crippen molar-refractivity contribution >= 4 is 11.9 Å². The highest BCUT2D eigenvalue weighted by Crippen LogP contribution is 2.26. The van der Waals surface area contributed by atoms with E-state index in [1.54, 1.807) is 24.3 Å². The highest BCUT2D eigenvalue weighted by molar-refractivity contribution is 5.81. The van der Waals surface area contributed by atoms with Crippen LogP contribution < -0.4 is 4.74 Å². The first kappa shape index (κ1) is 51.9. The second-order valence-electron chi connectivity index (χ2n) is 6.16. The predicted molar refractivity (Wildman–Crippen MR) is 153 cm³/mol. The molecule has 0 amide bonds. The van der Waals surface area contributed by atoms with Crippen molar-refractivity contribution < 1.29 is 59.5 Å². The first-order valence-corrected chi connectivity index (χ1v) is 12.3. The monoisotopic (exact) mass is 598 g/mol. The molecule has 1 unspecified atom stereocenters. The summed E-state index contributed by atoms with van der Waals surface area (Å²) in [7, 11) is 0. The molecule has 1 aromatic carbocycles. The largest absolute Gasteiger partial charge is 0.455 e. The lowest BCUT2D eigenvalue weighted by molar-refractivity contribution is -0.390. The molecule has 0 saturated carbocycles. The Morgan fingerprint density at radius 1 is 0.714 bits per heavy atom. The Labute approximate surface area is 252 Å². The highest BCUT2D eigenvalue weighted by Gasteiger charge is 2.38. The fourth-order valence-corrected chi connectivity index (χ4v) is 1.78. The highest BCUT2D eigenvalue weighted by atomic mass is 17.2. The number of carbonyl (C=O) groups is 2. The molecule has 1 rings (SSSR count). The van der Waals surface area contributed by atoms with Crippen LogP contribution in [0.2, 0.25) is 0 Å². The van der Waals surface area contributed by atoms with Crippen LogP contribution in [0.5, 0.6) is 5.75 Å². The minimum absolute atomic E-state index is 0.250. The maximum Gasteiger partial charge on any atom is 0.365 e. The molecule has 12 heteroatoms. The van der Waals surface area contributed by atoms with E-state index in [1.807, 2.05) is 13.0 Å². The van der Waals surface area contributed by atoms with Crippen LogP contribution in [-0.4, -0.2) is 64.0 Å². The molecule has 0 aliphatic rings. The van der Waals surface area contributed by atoms with Crippen molar-refractivity contribution in [3.63, 3.8) is 0 Å². The van der Waals surface area contributed by atoms with Gasteiger partial charge in [0.25, 0.3) is 5.79 Å². The lowest BCUT2D eigenvalue weighted by atomic mass is 10.1. The Hall–Kier alpha value is -2.84. The zero-order chi connectivity index (χ0) is 34.1. The lowest BCUT2D eigenvalue weighted by Gasteiger charge is -2.31. The minimum atomic E-state index is -1.46. The van der Waals surface area contributed by atoms with E-state index < -0.39 is 17.7 Å². The van der Waals surface area contributed by atoms with E-state index in [0.717, 1.165) is 18.6 Å². The van der Waals surface area contributed by atoms with Gasteiger partial charge in [0.2, 0.25) is 0 Å². The van der Waals surface area contributed by atoms with Gasteiger partial charge in [0.1, 0.15) is 5.75 Å². The Balaban J connectivity index is -0.000000148. The molecular formula is C30H46O12. The summed E-state index contributed by atoms with van der Waals surface area (Å²) in [6.07, 6.45) is 3.87. The SMILES string of the molecule is C=CC(=O)OCC(CCCC)(OOC(=O)C=C)Oc1ccccc1.[CH2]C[O].[CH2]C[O].[CH2]C[O].[CH2]C[O].[CH2]C[O].[CH2]C[O]. The summed E-state index contributed by atoms with van der Waals surface area (Å²) in [5.74, 6) is -2.39. The molecule has 0 bridgehead atoms. The summed E-state index contributed by atoms with van der Waals surface area (Å²) in [5, 5.41) is 52.9. The lowest BCUT2D eigenvalue weighted by Crippen LogP contribution is -2.45. The summed E-state index contributed by atoms with van der Waals surface area (Å²) in [6, 6.07) is 8.83. The van der Waals surface area contributed by atoms with E-state index in [2.05, 4.69) is 54.7 Å². The third-order valence-corrected chi connectivity index (χ3v) is 3.00. The fourth-order valence-electron chi connectivity index (χ4n) is 1.78. The molecule has 0 saturated heterocycles. The van der Waals surface area contributed by atoms with E-state index in [-0.39, 0.29) is 46.2 Å². The molecule has 0 N–H and O–H groups in total. The second-order valence-corrected chi connectivity index (χ2v) is 6.16. The van der Waals surface area contributed by atoms with Crippen molar-refractivity contribution in [2.45, 2.75) is 32.0 Å². The Kier molecular flexibility index (Phi) is 59.2. The molecule has 238 valence electrons. The number of esters is 1. The number of ether oxygens (including phenoxy) is 2. The van der Waals surface area contributed by atoms with Crippen LogP contribution in [0.3, 0.4) is 0 Å². The molecular weight excluding hydrogens is 552 g/mol. The van der Waals surface area contributed by atoms with Gasteiger partial charge < -0.3 is 9.47 Å². The molecule has 0 aromatic heterocycles. The summed E-state index contributed by atoms with van der Waals surface area (Å²) < 4.78 is 10.9. The first-order chi connectivity index (χ1) is 20.0. The quantitative estimate of drug-likeness (QED) is 0.115. The van der Waals surface area contributed by atoms with Crippen LogP contribution in [0, 0.1) is 41.5 Å². The van der Waals surface area contributed by atoms with Crippen molar-refractivity contribution in [1.82, 2.24) is 0 Å². The van der Waals surface area contributed by atoms with Crippen molar-refractivity contribution in [2.75, 3.05) is 46.2 Å².